The van der Waals surface area contributed by atoms with Gasteiger partial charge < -0.3 is 10.0 Å². The molecule has 1 amide bonds. The molecule has 0 bridgehead atoms. The zero-order valence-corrected chi connectivity index (χ0v) is 10.5. The van der Waals surface area contributed by atoms with E-state index in [1.807, 2.05) is 13.0 Å². The van der Waals surface area contributed by atoms with Gasteiger partial charge in [-0.25, -0.2) is 4.39 Å². The van der Waals surface area contributed by atoms with Crippen molar-refractivity contribution in [1.29, 1.82) is 0 Å². The average Bonchev–Trinajstić information content (AvgIpc) is 2.31. The van der Waals surface area contributed by atoms with E-state index in [0.29, 0.717) is 25.9 Å². The summed E-state index contributed by atoms with van der Waals surface area (Å²) >= 11 is 0. The summed E-state index contributed by atoms with van der Waals surface area (Å²) in [6.07, 6.45) is 1.04. The Bertz CT molecular complexity index is 430. The van der Waals surface area contributed by atoms with Crippen LogP contribution in [0.3, 0.4) is 0 Å². The molecule has 0 aromatic heterocycles. The summed E-state index contributed by atoms with van der Waals surface area (Å²) < 4.78 is 13.0. The highest BCUT2D eigenvalue weighted by Gasteiger charge is 2.31. The lowest BCUT2D eigenvalue weighted by Gasteiger charge is -2.37. The number of benzene rings is 1. The first kappa shape index (κ1) is 13.0. The monoisotopic (exact) mass is 251 g/mol. The zero-order chi connectivity index (χ0) is 13.1. The van der Waals surface area contributed by atoms with Gasteiger partial charge in [0.1, 0.15) is 5.82 Å². The van der Waals surface area contributed by atoms with Crippen LogP contribution in [0.1, 0.15) is 18.9 Å². The lowest BCUT2D eigenvalue weighted by atomic mass is 9.98. The molecule has 4 heteroatoms. The maximum atomic E-state index is 13.0. The Labute approximate surface area is 106 Å². The summed E-state index contributed by atoms with van der Waals surface area (Å²) in [4.78, 5) is 13.6. The van der Waals surface area contributed by atoms with Gasteiger partial charge in [-0.15, -0.1) is 0 Å². The van der Waals surface area contributed by atoms with E-state index in [4.69, 9.17) is 5.11 Å². The van der Waals surface area contributed by atoms with Crippen LogP contribution in [0.15, 0.2) is 24.3 Å². The number of β-amino-alcohol motifs (C(OH)–C–C–N with tert-alkyl or cyclic N) is 1. The third kappa shape index (κ3) is 3.07. The molecule has 1 unspecified atom stereocenters. The molecule has 2 rings (SSSR count). The molecule has 0 aliphatic carbocycles. The number of carbonyl (C=O) groups is 1. The number of rotatable bonds is 4. The Balaban J connectivity index is 1.81. The third-order valence-electron chi connectivity index (χ3n) is 3.35. The van der Waals surface area contributed by atoms with Crippen molar-refractivity contribution in [2.75, 3.05) is 13.1 Å². The first-order chi connectivity index (χ1) is 8.56. The van der Waals surface area contributed by atoms with Crippen molar-refractivity contribution in [2.24, 2.45) is 5.92 Å². The van der Waals surface area contributed by atoms with E-state index < -0.39 is 0 Å². The Morgan fingerprint density at radius 2 is 2.28 bits per heavy atom. The lowest BCUT2D eigenvalue weighted by Crippen LogP contribution is -2.55. The van der Waals surface area contributed by atoms with Crippen molar-refractivity contribution >= 4 is 5.91 Å². The van der Waals surface area contributed by atoms with Gasteiger partial charge in [0.15, 0.2) is 0 Å². The third-order valence-corrected chi connectivity index (χ3v) is 3.35. The molecule has 1 aliphatic rings. The molecule has 1 atom stereocenters. The maximum absolute atomic E-state index is 13.0. The molecule has 1 saturated heterocycles. The minimum Gasteiger partial charge on any atom is -0.389 e. The van der Waals surface area contributed by atoms with E-state index in [0.717, 1.165) is 5.56 Å². The number of hydrogen-bond acceptors (Lipinski definition) is 2. The van der Waals surface area contributed by atoms with E-state index in [1.54, 1.807) is 11.0 Å². The fraction of sp³-hybridized carbons (Fsp3) is 0.500. The number of likely N-dealkylation sites (tertiary alicyclic amines) is 1. The summed E-state index contributed by atoms with van der Waals surface area (Å²) in [5.74, 6) is -0.241. The van der Waals surface area contributed by atoms with Crippen LogP contribution in [0, 0.1) is 11.7 Å². The molecule has 1 aromatic rings. The second-order valence-electron chi connectivity index (χ2n) is 4.97. The molecule has 0 radical (unpaired) electrons. The molecule has 3 nitrogen and oxygen atoms in total. The number of aliphatic hydroxyl groups excluding tert-OH is 1. The van der Waals surface area contributed by atoms with E-state index in [-0.39, 0.29) is 23.7 Å². The molecule has 98 valence electrons. The highest BCUT2D eigenvalue weighted by atomic mass is 19.1. The second kappa shape index (κ2) is 5.48. The number of aliphatic hydroxyl groups is 1. The average molecular weight is 251 g/mol. The van der Waals surface area contributed by atoms with Crippen LogP contribution in [0.4, 0.5) is 4.39 Å². The van der Waals surface area contributed by atoms with Gasteiger partial charge in [-0.1, -0.05) is 19.1 Å². The maximum Gasteiger partial charge on any atom is 0.225 e. The van der Waals surface area contributed by atoms with Gasteiger partial charge >= 0.3 is 0 Å². The Kier molecular flexibility index (Phi) is 3.97. The van der Waals surface area contributed by atoms with Crippen LogP contribution >= 0.6 is 0 Å². The Morgan fingerprint density at radius 1 is 1.56 bits per heavy atom. The standard InChI is InChI=1S/C14H18FNO2/c1-10(14(18)16-8-13(17)9-16)5-6-11-3-2-4-12(15)7-11/h2-4,7,10,13,17H,5-6,8-9H2,1H3. The second-order valence-corrected chi connectivity index (χ2v) is 4.97. The van der Waals surface area contributed by atoms with Gasteiger partial charge in [-0.3, -0.25) is 4.79 Å². The Morgan fingerprint density at radius 3 is 2.89 bits per heavy atom. The summed E-state index contributed by atoms with van der Waals surface area (Å²) in [5, 5.41) is 9.15. The fourth-order valence-corrected chi connectivity index (χ4v) is 2.15. The number of nitrogens with zero attached hydrogens (tertiary/aromatic N) is 1. The quantitative estimate of drug-likeness (QED) is 0.883. The zero-order valence-electron chi connectivity index (χ0n) is 10.5. The van der Waals surface area contributed by atoms with E-state index in [1.165, 1.54) is 12.1 Å². The van der Waals surface area contributed by atoms with Crippen molar-refractivity contribution in [3.05, 3.63) is 35.6 Å². The summed E-state index contributed by atoms with van der Waals surface area (Å²) in [7, 11) is 0. The van der Waals surface area contributed by atoms with Gasteiger partial charge in [0.05, 0.1) is 6.10 Å². The van der Waals surface area contributed by atoms with Crippen LogP contribution in [-0.4, -0.2) is 35.1 Å². The van der Waals surface area contributed by atoms with Gasteiger partial charge in [0, 0.05) is 19.0 Å². The minimum atomic E-state index is -0.357. The molecule has 1 fully saturated rings. The predicted octanol–water partition coefficient (Wildman–Crippen LogP) is 1.60. The first-order valence-electron chi connectivity index (χ1n) is 6.27. The van der Waals surface area contributed by atoms with Crippen molar-refractivity contribution in [1.82, 2.24) is 4.90 Å². The SMILES string of the molecule is CC(CCc1cccc(F)c1)C(=O)N1CC(O)C1. The number of aryl methyl sites for hydroxylation is 1. The van der Waals surface area contributed by atoms with E-state index in [2.05, 4.69) is 0 Å². The van der Waals surface area contributed by atoms with Crippen LogP contribution < -0.4 is 0 Å². The smallest absolute Gasteiger partial charge is 0.225 e. The van der Waals surface area contributed by atoms with Crippen molar-refractivity contribution in [2.45, 2.75) is 25.9 Å². The lowest BCUT2D eigenvalue weighted by molar-refractivity contribution is -0.145. The highest BCUT2D eigenvalue weighted by Crippen LogP contribution is 2.17. The van der Waals surface area contributed by atoms with Crippen LogP contribution in [0.25, 0.3) is 0 Å². The molecule has 0 spiro atoms. The Hall–Kier alpha value is -1.42. The van der Waals surface area contributed by atoms with Crippen molar-refractivity contribution in [3.8, 4) is 0 Å². The van der Waals surface area contributed by atoms with E-state index in [9.17, 15) is 9.18 Å². The number of amides is 1. The first-order valence-corrected chi connectivity index (χ1v) is 6.27. The largest absolute Gasteiger partial charge is 0.389 e. The fourth-order valence-electron chi connectivity index (χ4n) is 2.15. The highest BCUT2D eigenvalue weighted by molar-refractivity contribution is 5.79. The van der Waals surface area contributed by atoms with Gasteiger partial charge in [0.2, 0.25) is 5.91 Å². The predicted molar refractivity (Wildman–Crippen MR) is 66.5 cm³/mol. The topological polar surface area (TPSA) is 40.5 Å². The van der Waals surface area contributed by atoms with Crippen LogP contribution in [0.5, 0.6) is 0 Å². The van der Waals surface area contributed by atoms with Crippen LogP contribution in [-0.2, 0) is 11.2 Å². The van der Waals surface area contributed by atoms with E-state index >= 15 is 0 Å². The molecule has 0 saturated carbocycles. The van der Waals surface area contributed by atoms with Gasteiger partial charge in [-0.2, -0.15) is 0 Å². The minimum absolute atomic E-state index is 0.0803. The number of carbonyl (C=O) groups excluding carboxylic acids is 1. The molecular weight excluding hydrogens is 233 g/mol. The molecule has 1 heterocycles. The summed E-state index contributed by atoms with van der Waals surface area (Å²) in [5.41, 5.74) is 0.915. The van der Waals surface area contributed by atoms with Crippen molar-refractivity contribution < 1.29 is 14.3 Å². The molecule has 1 aromatic carbocycles. The van der Waals surface area contributed by atoms with Gasteiger partial charge in [0.25, 0.3) is 0 Å². The number of hydrogen-bond donors (Lipinski definition) is 1. The number of halogens is 1. The summed E-state index contributed by atoms with van der Waals surface area (Å²) in [6.45, 7) is 2.78. The van der Waals surface area contributed by atoms with Gasteiger partial charge in [-0.05, 0) is 30.5 Å². The van der Waals surface area contributed by atoms with Crippen molar-refractivity contribution in [3.63, 3.8) is 0 Å². The molecule has 18 heavy (non-hydrogen) atoms. The normalized spacial score (nSPS) is 17.4. The van der Waals surface area contributed by atoms with Crippen LogP contribution in [0.2, 0.25) is 0 Å². The molecular formula is C14H18FNO2. The summed E-state index contributed by atoms with van der Waals surface area (Å²) in [6, 6.07) is 6.47. The molecule has 1 N–H and O–H groups in total. The molecule has 1 aliphatic heterocycles.